The molecule has 5 nitrogen and oxygen atoms in total. The van der Waals surface area contributed by atoms with Crippen LogP contribution in [-0.4, -0.2) is 35.0 Å². The van der Waals surface area contributed by atoms with Crippen LogP contribution in [0.25, 0.3) is 0 Å². The van der Waals surface area contributed by atoms with E-state index in [1.54, 1.807) is 4.90 Å². The molecule has 1 aliphatic heterocycles. The van der Waals surface area contributed by atoms with Gasteiger partial charge in [-0.1, -0.05) is 0 Å². The molecule has 2 N–H and O–H groups in total. The highest BCUT2D eigenvalue weighted by atomic mass is 16.3. The number of phenolic OH excluding ortho intramolecular Hbond substituents is 1. The molecule has 0 unspecified atom stereocenters. The first-order valence-corrected chi connectivity index (χ1v) is 6.06. The van der Waals surface area contributed by atoms with E-state index in [0.29, 0.717) is 18.7 Å². The Morgan fingerprint density at radius 2 is 1.67 bits per heavy atom. The van der Waals surface area contributed by atoms with Gasteiger partial charge in [0.2, 0.25) is 0 Å². The van der Waals surface area contributed by atoms with Gasteiger partial charge in [0.25, 0.3) is 5.91 Å². The van der Waals surface area contributed by atoms with Gasteiger partial charge in [0, 0.05) is 18.7 Å². The molecule has 1 aliphatic rings. The molecule has 0 aliphatic carbocycles. The van der Waals surface area contributed by atoms with Crippen LogP contribution in [0, 0.1) is 0 Å². The summed E-state index contributed by atoms with van der Waals surface area (Å²) >= 11 is 0. The monoisotopic (exact) mass is 248 g/mol. The quantitative estimate of drug-likeness (QED) is 0.795. The number of rotatable bonds is 1. The van der Waals surface area contributed by atoms with Crippen molar-refractivity contribution in [2.24, 2.45) is 0 Å². The molecule has 0 radical (unpaired) electrons. The summed E-state index contributed by atoms with van der Waals surface area (Å²) in [5.41, 5.74) is 0.359. The smallest absolute Gasteiger partial charge is 0.324 e. The number of hydrogen-bond donors (Lipinski definition) is 2. The Morgan fingerprint density at radius 1 is 1.06 bits per heavy atom. The lowest BCUT2D eigenvalue weighted by molar-refractivity contribution is 0.0949. The second-order valence-corrected chi connectivity index (χ2v) is 4.35. The van der Waals surface area contributed by atoms with Gasteiger partial charge in [0.15, 0.2) is 0 Å². The van der Waals surface area contributed by atoms with E-state index in [-0.39, 0.29) is 11.8 Å². The van der Waals surface area contributed by atoms with Gasteiger partial charge in [-0.2, -0.15) is 0 Å². The highest BCUT2D eigenvalue weighted by Gasteiger charge is 2.18. The van der Waals surface area contributed by atoms with Gasteiger partial charge < -0.3 is 10.0 Å². The maximum Gasteiger partial charge on any atom is 0.324 e. The van der Waals surface area contributed by atoms with Crippen LogP contribution >= 0.6 is 0 Å². The van der Waals surface area contributed by atoms with E-state index < -0.39 is 5.91 Å². The fourth-order valence-electron chi connectivity index (χ4n) is 1.96. The molecule has 0 saturated carbocycles. The maximum absolute atomic E-state index is 11.8. The van der Waals surface area contributed by atoms with Crippen LogP contribution in [-0.2, 0) is 0 Å². The zero-order valence-corrected chi connectivity index (χ0v) is 10.1. The van der Waals surface area contributed by atoms with E-state index in [1.807, 2.05) is 0 Å². The van der Waals surface area contributed by atoms with Gasteiger partial charge in [-0.3, -0.25) is 10.1 Å². The van der Waals surface area contributed by atoms with Crippen molar-refractivity contribution in [1.82, 2.24) is 10.2 Å². The van der Waals surface area contributed by atoms with Crippen molar-refractivity contribution in [2.45, 2.75) is 19.3 Å². The van der Waals surface area contributed by atoms with Gasteiger partial charge in [-0.15, -0.1) is 0 Å². The van der Waals surface area contributed by atoms with E-state index in [4.69, 9.17) is 5.11 Å². The van der Waals surface area contributed by atoms with Crippen LogP contribution in [0.3, 0.4) is 0 Å². The van der Waals surface area contributed by atoms with Gasteiger partial charge in [-0.05, 0) is 43.5 Å². The van der Waals surface area contributed by atoms with E-state index >= 15 is 0 Å². The van der Waals surface area contributed by atoms with Crippen LogP contribution in [0.1, 0.15) is 29.6 Å². The first kappa shape index (κ1) is 12.4. The lowest BCUT2D eigenvalue weighted by atomic mass is 10.1. The topological polar surface area (TPSA) is 69.6 Å². The average molecular weight is 248 g/mol. The van der Waals surface area contributed by atoms with Crippen molar-refractivity contribution < 1.29 is 14.7 Å². The number of benzene rings is 1. The predicted molar refractivity (Wildman–Crippen MR) is 66.4 cm³/mol. The summed E-state index contributed by atoms with van der Waals surface area (Å²) < 4.78 is 0. The van der Waals surface area contributed by atoms with Gasteiger partial charge in [-0.25, -0.2) is 4.79 Å². The summed E-state index contributed by atoms with van der Waals surface area (Å²) in [6.07, 6.45) is 3.11. The molecule has 3 amide bonds. The number of aromatic hydroxyl groups is 1. The molecule has 0 spiro atoms. The second kappa shape index (κ2) is 5.53. The number of likely N-dealkylation sites (tertiary alicyclic amines) is 1. The molecular formula is C13H16N2O3. The lowest BCUT2D eigenvalue weighted by Crippen LogP contribution is -2.45. The van der Waals surface area contributed by atoms with Crippen molar-refractivity contribution in [1.29, 1.82) is 0 Å². The molecule has 1 heterocycles. The summed E-state index contributed by atoms with van der Waals surface area (Å²) in [4.78, 5) is 25.2. The number of urea groups is 1. The Bertz CT molecular complexity index is 436. The zero-order chi connectivity index (χ0) is 13.0. The van der Waals surface area contributed by atoms with E-state index in [9.17, 15) is 9.59 Å². The van der Waals surface area contributed by atoms with Crippen LogP contribution in [0.15, 0.2) is 24.3 Å². The Labute approximate surface area is 105 Å². The standard InChI is InChI=1S/C13H16N2O3/c16-11-6-4-10(5-7-11)12(17)14-13(18)15-8-2-1-3-9-15/h4-7,16H,1-3,8-9H2,(H,14,17,18). The maximum atomic E-state index is 11.8. The van der Waals surface area contributed by atoms with E-state index in [2.05, 4.69) is 5.32 Å². The fourth-order valence-corrected chi connectivity index (χ4v) is 1.96. The minimum Gasteiger partial charge on any atom is -0.508 e. The molecule has 5 heteroatoms. The third-order valence-corrected chi connectivity index (χ3v) is 2.99. The summed E-state index contributed by atoms with van der Waals surface area (Å²) in [5, 5.41) is 11.5. The molecule has 0 aromatic heterocycles. The van der Waals surface area contributed by atoms with Gasteiger partial charge in [0.05, 0.1) is 0 Å². The number of phenols is 1. The average Bonchev–Trinajstić information content (AvgIpc) is 2.40. The summed E-state index contributed by atoms with van der Waals surface area (Å²) in [6, 6.07) is 5.45. The molecule has 1 aromatic rings. The van der Waals surface area contributed by atoms with Crippen LogP contribution in [0.2, 0.25) is 0 Å². The molecular weight excluding hydrogens is 232 g/mol. The molecule has 0 bridgehead atoms. The minimum atomic E-state index is -0.439. The Morgan fingerprint density at radius 3 is 2.28 bits per heavy atom. The fraction of sp³-hybridized carbons (Fsp3) is 0.385. The van der Waals surface area contributed by atoms with E-state index in [0.717, 1.165) is 19.3 Å². The number of carbonyl (C=O) groups excluding carboxylic acids is 2. The van der Waals surface area contributed by atoms with Crippen LogP contribution < -0.4 is 5.32 Å². The van der Waals surface area contributed by atoms with Gasteiger partial charge in [0.1, 0.15) is 5.75 Å². The molecule has 2 rings (SSSR count). The first-order chi connectivity index (χ1) is 8.66. The first-order valence-electron chi connectivity index (χ1n) is 6.06. The number of piperidine rings is 1. The largest absolute Gasteiger partial charge is 0.508 e. The highest BCUT2D eigenvalue weighted by Crippen LogP contribution is 2.11. The highest BCUT2D eigenvalue weighted by molar-refractivity contribution is 6.04. The number of amides is 3. The van der Waals surface area contributed by atoms with Crippen LogP contribution in [0.5, 0.6) is 5.75 Å². The SMILES string of the molecule is O=C(NC(=O)N1CCCCC1)c1ccc(O)cc1. The third-order valence-electron chi connectivity index (χ3n) is 2.99. The minimum absolute atomic E-state index is 0.0916. The number of imide groups is 1. The normalized spacial score (nSPS) is 15.2. The molecule has 96 valence electrons. The molecule has 0 atom stereocenters. The summed E-state index contributed by atoms with van der Waals surface area (Å²) in [7, 11) is 0. The molecule has 18 heavy (non-hydrogen) atoms. The third kappa shape index (κ3) is 3.00. The van der Waals surface area contributed by atoms with Crippen molar-refractivity contribution in [3.63, 3.8) is 0 Å². The lowest BCUT2D eigenvalue weighted by Gasteiger charge is -2.26. The van der Waals surface area contributed by atoms with E-state index in [1.165, 1.54) is 24.3 Å². The van der Waals surface area contributed by atoms with Crippen molar-refractivity contribution >= 4 is 11.9 Å². The zero-order valence-electron chi connectivity index (χ0n) is 10.1. The van der Waals surface area contributed by atoms with Gasteiger partial charge >= 0.3 is 6.03 Å². The number of hydrogen-bond acceptors (Lipinski definition) is 3. The van der Waals surface area contributed by atoms with Crippen molar-refractivity contribution in [2.75, 3.05) is 13.1 Å². The van der Waals surface area contributed by atoms with Crippen molar-refractivity contribution in [3.05, 3.63) is 29.8 Å². The Balaban J connectivity index is 1.94. The Kier molecular flexibility index (Phi) is 3.82. The number of nitrogens with zero attached hydrogens (tertiary/aromatic N) is 1. The molecule has 1 saturated heterocycles. The summed E-state index contributed by atoms with van der Waals surface area (Å²) in [5.74, 6) is -0.348. The second-order valence-electron chi connectivity index (χ2n) is 4.35. The molecule has 1 aromatic carbocycles. The Hall–Kier alpha value is -2.04. The predicted octanol–water partition coefficient (Wildman–Crippen LogP) is 1.73. The molecule has 1 fully saturated rings. The number of carbonyl (C=O) groups is 2. The van der Waals surface area contributed by atoms with Crippen LogP contribution in [0.4, 0.5) is 4.79 Å². The summed E-state index contributed by atoms with van der Waals surface area (Å²) in [6.45, 7) is 1.41. The van der Waals surface area contributed by atoms with Crippen molar-refractivity contribution in [3.8, 4) is 5.75 Å². The number of nitrogens with one attached hydrogen (secondary N) is 1.